The summed E-state index contributed by atoms with van der Waals surface area (Å²) in [6.45, 7) is 4.04. The molecule has 1 rings (SSSR count). The Hall–Kier alpha value is -0.670. The van der Waals surface area contributed by atoms with Crippen molar-refractivity contribution in [2.45, 2.75) is 45.6 Å². The SMILES string of the molecule is CC(N)CCCC(C)C(=O)Cc1cccs1. The number of carbonyl (C=O) groups excluding carboxylic acids is 1. The van der Waals surface area contributed by atoms with Crippen LogP contribution in [-0.2, 0) is 11.2 Å². The van der Waals surface area contributed by atoms with Crippen molar-refractivity contribution >= 4 is 17.1 Å². The lowest BCUT2D eigenvalue weighted by Gasteiger charge is -2.10. The molecule has 0 spiro atoms. The Morgan fingerprint density at radius 1 is 1.44 bits per heavy atom. The van der Waals surface area contributed by atoms with Gasteiger partial charge < -0.3 is 5.73 Å². The Balaban J connectivity index is 2.25. The van der Waals surface area contributed by atoms with Gasteiger partial charge in [-0.05, 0) is 31.2 Å². The number of hydrogen-bond donors (Lipinski definition) is 1. The molecule has 1 heterocycles. The van der Waals surface area contributed by atoms with Crippen molar-refractivity contribution in [1.82, 2.24) is 0 Å². The maximum Gasteiger partial charge on any atom is 0.140 e. The molecule has 0 amide bonds. The molecule has 2 nitrogen and oxygen atoms in total. The van der Waals surface area contributed by atoms with E-state index in [0.717, 1.165) is 19.3 Å². The fourth-order valence-corrected chi connectivity index (χ4v) is 2.38. The third-order valence-electron chi connectivity index (χ3n) is 2.77. The second-order valence-electron chi connectivity index (χ2n) is 4.53. The summed E-state index contributed by atoms with van der Waals surface area (Å²) in [5.41, 5.74) is 5.68. The molecule has 16 heavy (non-hydrogen) atoms. The first-order valence-electron chi connectivity index (χ1n) is 5.90. The zero-order valence-corrected chi connectivity index (χ0v) is 10.9. The Labute approximate surface area is 102 Å². The zero-order valence-electron chi connectivity index (χ0n) is 10.1. The van der Waals surface area contributed by atoms with Crippen LogP contribution in [-0.4, -0.2) is 11.8 Å². The summed E-state index contributed by atoms with van der Waals surface area (Å²) >= 11 is 1.66. The molecule has 2 atom stereocenters. The van der Waals surface area contributed by atoms with Gasteiger partial charge in [0, 0.05) is 23.3 Å². The highest BCUT2D eigenvalue weighted by Crippen LogP contribution is 2.16. The first-order valence-corrected chi connectivity index (χ1v) is 6.78. The zero-order chi connectivity index (χ0) is 12.0. The third-order valence-corrected chi connectivity index (χ3v) is 3.65. The predicted octanol–water partition coefficient (Wildman–Crippen LogP) is 3.01. The highest BCUT2D eigenvalue weighted by atomic mass is 32.1. The van der Waals surface area contributed by atoms with Crippen LogP contribution in [0.2, 0.25) is 0 Å². The molecule has 1 aromatic heterocycles. The maximum absolute atomic E-state index is 11.9. The molecule has 0 bridgehead atoms. The summed E-state index contributed by atoms with van der Waals surface area (Å²) in [5.74, 6) is 0.521. The van der Waals surface area contributed by atoms with Crippen molar-refractivity contribution in [2.24, 2.45) is 11.7 Å². The van der Waals surface area contributed by atoms with E-state index in [-0.39, 0.29) is 12.0 Å². The van der Waals surface area contributed by atoms with Gasteiger partial charge in [0.05, 0.1) is 0 Å². The molecule has 0 saturated carbocycles. The molecule has 0 radical (unpaired) electrons. The van der Waals surface area contributed by atoms with Gasteiger partial charge in [0.15, 0.2) is 0 Å². The maximum atomic E-state index is 11.9. The van der Waals surface area contributed by atoms with Crippen molar-refractivity contribution < 1.29 is 4.79 Å². The van der Waals surface area contributed by atoms with Crippen LogP contribution in [0.1, 0.15) is 38.0 Å². The molecule has 2 unspecified atom stereocenters. The minimum atomic E-state index is 0.167. The highest BCUT2D eigenvalue weighted by Gasteiger charge is 2.13. The van der Waals surface area contributed by atoms with Crippen molar-refractivity contribution in [2.75, 3.05) is 0 Å². The van der Waals surface area contributed by atoms with E-state index in [1.807, 2.05) is 31.4 Å². The Bertz CT molecular complexity index is 306. The summed E-state index contributed by atoms with van der Waals surface area (Å²) in [6.07, 6.45) is 3.62. The van der Waals surface area contributed by atoms with Gasteiger partial charge in [-0.15, -0.1) is 11.3 Å². The monoisotopic (exact) mass is 239 g/mol. The first-order chi connectivity index (χ1) is 7.59. The van der Waals surface area contributed by atoms with Gasteiger partial charge in [0.2, 0.25) is 0 Å². The largest absolute Gasteiger partial charge is 0.328 e. The van der Waals surface area contributed by atoms with E-state index in [2.05, 4.69) is 0 Å². The number of nitrogens with two attached hydrogens (primary N) is 1. The van der Waals surface area contributed by atoms with E-state index < -0.39 is 0 Å². The number of Topliss-reactive ketones (excluding diaryl/α,β-unsaturated/α-hetero) is 1. The van der Waals surface area contributed by atoms with Crippen molar-refractivity contribution in [1.29, 1.82) is 0 Å². The standard InChI is InChI=1S/C13H21NOS/c1-10(5-3-6-11(2)14)13(15)9-12-7-4-8-16-12/h4,7-8,10-11H,3,5-6,9,14H2,1-2H3. The quantitative estimate of drug-likeness (QED) is 0.795. The van der Waals surface area contributed by atoms with Crippen molar-refractivity contribution in [3.63, 3.8) is 0 Å². The van der Waals surface area contributed by atoms with Gasteiger partial charge in [-0.3, -0.25) is 4.79 Å². The average molecular weight is 239 g/mol. The molecule has 0 fully saturated rings. The third kappa shape index (κ3) is 4.90. The topological polar surface area (TPSA) is 43.1 Å². The Morgan fingerprint density at radius 3 is 2.75 bits per heavy atom. The predicted molar refractivity (Wildman–Crippen MR) is 69.7 cm³/mol. The summed E-state index contributed by atoms with van der Waals surface area (Å²) in [7, 11) is 0. The van der Waals surface area contributed by atoms with Gasteiger partial charge in [-0.1, -0.05) is 19.4 Å². The number of hydrogen-bond acceptors (Lipinski definition) is 3. The van der Waals surface area contributed by atoms with E-state index in [0.29, 0.717) is 12.2 Å². The summed E-state index contributed by atoms with van der Waals surface area (Å²) < 4.78 is 0. The van der Waals surface area contributed by atoms with E-state index in [4.69, 9.17) is 5.73 Å². The molecule has 0 saturated heterocycles. The van der Waals surface area contributed by atoms with Gasteiger partial charge >= 0.3 is 0 Å². The average Bonchev–Trinajstić information content (AvgIpc) is 2.69. The lowest BCUT2D eigenvalue weighted by atomic mass is 9.96. The number of rotatable bonds is 7. The minimum absolute atomic E-state index is 0.167. The number of ketones is 1. The van der Waals surface area contributed by atoms with Crippen LogP contribution in [0, 0.1) is 5.92 Å². The van der Waals surface area contributed by atoms with E-state index in [1.54, 1.807) is 11.3 Å². The van der Waals surface area contributed by atoms with Crippen molar-refractivity contribution in [3.05, 3.63) is 22.4 Å². The minimum Gasteiger partial charge on any atom is -0.328 e. The lowest BCUT2D eigenvalue weighted by molar-refractivity contribution is -0.121. The van der Waals surface area contributed by atoms with Gasteiger partial charge in [-0.25, -0.2) is 0 Å². The molecule has 0 aliphatic heterocycles. The summed E-state index contributed by atoms with van der Waals surface area (Å²) in [6, 6.07) is 4.27. The van der Waals surface area contributed by atoms with E-state index >= 15 is 0 Å². The molecule has 0 aliphatic carbocycles. The Morgan fingerprint density at radius 2 is 2.19 bits per heavy atom. The smallest absolute Gasteiger partial charge is 0.140 e. The molecular formula is C13H21NOS. The second-order valence-corrected chi connectivity index (χ2v) is 5.56. The van der Waals surface area contributed by atoms with Gasteiger partial charge in [0.25, 0.3) is 0 Å². The molecule has 0 aliphatic rings. The fourth-order valence-electron chi connectivity index (χ4n) is 1.67. The van der Waals surface area contributed by atoms with E-state index in [1.165, 1.54) is 4.88 Å². The molecule has 1 aromatic rings. The molecular weight excluding hydrogens is 218 g/mol. The Kier molecular flexibility index (Phi) is 5.71. The van der Waals surface area contributed by atoms with Crippen molar-refractivity contribution in [3.8, 4) is 0 Å². The lowest BCUT2D eigenvalue weighted by Crippen LogP contribution is -2.17. The number of thiophene rings is 1. The molecule has 2 N–H and O–H groups in total. The van der Waals surface area contributed by atoms with Gasteiger partial charge in [-0.2, -0.15) is 0 Å². The molecule has 90 valence electrons. The molecule has 0 aromatic carbocycles. The van der Waals surface area contributed by atoms with Gasteiger partial charge in [0.1, 0.15) is 5.78 Å². The van der Waals surface area contributed by atoms with Crippen LogP contribution in [0.3, 0.4) is 0 Å². The van der Waals surface area contributed by atoms with Crippen LogP contribution in [0.5, 0.6) is 0 Å². The van der Waals surface area contributed by atoms with Crippen LogP contribution in [0.4, 0.5) is 0 Å². The fraction of sp³-hybridized carbons (Fsp3) is 0.615. The summed E-state index contributed by atoms with van der Waals surface area (Å²) in [5, 5.41) is 2.02. The van der Waals surface area contributed by atoms with Crippen LogP contribution in [0.15, 0.2) is 17.5 Å². The highest BCUT2D eigenvalue weighted by molar-refractivity contribution is 7.10. The molecule has 3 heteroatoms. The van der Waals surface area contributed by atoms with Crippen LogP contribution >= 0.6 is 11.3 Å². The van der Waals surface area contributed by atoms with Crippen LogP contribution in [0.25, 0.3) is 0 Å². The number of carbonyl (C=O) groups is 1. The van der Waals surface area contributed by atoms with Crippen LogP contribution < -0.4 is 5.73 Å². The second kappa shape index (κ2) is 6.81. The summed E-state index contributed by atoms with van der Waals surface area (Å²) in [4.78, 5) is 13.0. The first kappa shape index (κ1) is 13.4. The normalized spacial score (nSPS) is 14.7. The van der Waals surface area contributed by atoms with E-state index in [9.17, 15) is 4.79 Å².